The number of nitrogens with one attached hydrogen (secondary N) is 1. The summed E-state index contributed by atoms with van der Waals surface area (Å²) >= 11 is 6.49. The molecule has 0 bridgehead atoms. The van der Waals surface area contributed by atoms with Gasteiger partial charge in [-0.15, -0.1) is 0 Å². The van der Waals surface area contributed by atoms with Crippen molar-refractivity contribution < 1.29 is 18.3 Å². The van der Waals surface area contributed by atoms with Gasteiger partial charge in [0.15, 0.2) is 0 Å². The van der Waals surface area contributed by atoms with E-state index in [4.69, 9.17) is 0 Å². The quantitative estimate of drug-likeness (QED) is 0.749. The zero-order chi connectivity index (χ0) is 16.6. The maximum absolute atomic E-state index is 12.5. The van der Waals surface area contributed by atoms with Crippen LogP contribution in [0.4, 0.5) is 0 Å². The lowest BCUT2D eigenvalue weighted by molar-refractivity contribution is -0.141. The monoisotopic (exact) mass is 441 g/mol. The molecule has 0 amide bonds. The normalized spacial score (nSPS) is 14.0. The van der Waals surface area contributed by atoms with Crippen LogP contribution < -0.4 is 4.72 Å². The van der Waals surface area contributed by atoms with Crippen LogP contribution in [0.25, 0.3) is 0 Å². The third-order valence-corrected chi connectivity index (χ3v) is 6.12. The molecule has 0 aliphatic rings. The highest BCUT2D eigenvalue weighted by Gasteiger charge is 2.36. The molecule has 0 heterocycles. The standard InChI is InChI=1S/C13H17Br2NO4S/c1-7-5-9(15)10(6-8(7)14)21(19,20)16-11(12(17)18)13(2,3)4/h5-6,11,16H,1-4H3,(H,17,18). The lowest BCUT2D eigenvalue weighted by Crippen LogP contribution is -2.49. The third kappa shape index (κ3) is 4.51. The molecule has 0 fully saturated rings. The van der Waals surface area contributed by atoms with E-state index >= 15 is 0 Å². The molecule has 21 heavy (non-hydrogen) atoms. The minimum atomic E-state index is -3.97. The molecule has 1 aromatic carbocycles. The topological polar surface area (TPSA) is 83.5 Å². The number of hydrogen-bond donors (Lipinski definition) is 2. The van der Waals surface area contributed by atoms with Crippen LogP contribution >= 0.6 is 31.9 Å². The van der Waals surface area contributed by atoms with Crippen molar-refractivity contribution in [2.45, 2.75) is 38.6 Å². The molecule has 0 aliphatic carbocycles. The molecule has 0 aliphatic heterocycles. The summed E-state index contributed by atoms with van der Waals surface area (Å²) in [5.41, 5.74) is 0.110. The highest BCUT2D eigenvalue weighted by molar-refractivity contribution is 9.11. The van der Waals surface area contributed by atoms with E-state index in [9.17, 15) is 18.3 Å². The fraction of sp³-hybridized carbons (Fsp3) is 0.462. The molecule has 0 radical (unpaired) electrons. The average Bonchev–Trinajstić information content (AvgIpc) is 2.29. The summed E-state index contributed by atoms with van der Waals surface area (Å²) in [4.78, 5) is 11.3. The van der Waals surface area contributed by atoms with Crippen molar-refractivity contribution in [2.24, 2.45) is 5.41 Å². The SMILES string of the molecule is Cc1cc(Br)c(S(=O)(=O)NC(C(=O)O)C(C)(C)C)cc1Br. The van der Waals surface area contributed by atoms with Gasteiger partial charge < -0.3 is 5.11 Å². The summed E-state index contributed by atoms with van der Waals surface area (Å²) in [7, 11) is -3.97. The Hall–Kier alpha value is -0.440. The van der Waals surface area contributed by atoms with Crippen LogP contribution in [-0.4, -0.2) is 25.5 Å². The van der Waals surface area contributed by atoms with E-state index in [2.05, 4.69) is 36.6 Å². The second kappa shape index (κ2) is 6.36. The third-order valence-electron chi connectivity index (χ3n) is 2.89. The first-order valence-corrected chi connectivity index (χ1v) is 9.14. The van der Waals surface area contributed by atoms with E-state index < -0.39 is 27.4 Å². The van der Waals surface area contributed by atoms with Crippen molar-refractivity contribution in [3.05, 3.63) is 26.6 Å². The molecule has 1 rings (SSSR count). The lowest BCUT2D eigenvalue weighted by Gasteiger charge is -2.27. The fourth-order valence-corrected chi connectivity index (χ4v) is 4.72. The molecular formula is C13H17Br2NO4S. The van der Waals surface area contributed by atoms with Gasteiger partial charge in [0.25, 0.3) is 0 Å². The molecular weight excluding hydrogens is 426 g/mol. The van der Waals surface area contributed by atoms with Crippen molar-refractivity contribution in [3.63, 3.8) is 0 Å². The highest BCUT2D eigenvalue weighted by atomic mass is 79.9. The zero-order valence-corrected chi connectivity index (χ0v) is 16.1. The molecule has 0 saturated carbocycles. The molecule has 118 valence electrons. The molecule has 8 heteroatoms. The maximum atomic E-state index is 12.5. The van der Waals surface area contributed by atoms with Gasteiger partial charge in [-0.3, -0.25) is 4.79 Å². The summed E-state index contributed by atoms with van der Waals surface area (Å²) in [6.07, 6.45) is 0. The summed E-state index contributed by atoms with van der Waals surface area (Å²) in [5.74, 6) is -1.21. The Bertz CT molecular complexity index is 665. The number of carboxylic acid groups (broad SMARTS) is 1. The van der Waals surface area contributed by atoms with E-state index in [1.165, 1.54) is 6.07 Å². The van der Waals surface area contributed by atoms with Crippen molar-refractivity contribution >= 4 is 47.9 Å². The number of aliphatic carboxylic acids is 1. The smallest absolute Gasteiger partial charge is 0.322 e. The molecule has 1 atom stereocenters. The van der Waals surface area contributed by atoms with Gasteiger partial charge in [-0.25, -0.2) is 8.42 Å². The van der Waals surface area contributed by atoms with Crippen LogP contribution in [-0.2, 0) is 14.8 Å². The number of hydrogen-bond acceptors (Lipinski definition) is 3. The van der Waals surface area contributed by atoms with E-state index in [0.717, 1.165) is 5.56 Å². The molecule has 0 saturated heterocycles. The molecule has 2 N–H and O–H groups in total. The first-order chi connectivity index (χ1) is 9.36. The number of sulfonamides is 1. The zero-order valence-electron chi connectivity index (χ0n) is 12.1. The van der Waals surface area contributed by atoms with Gasteiger partial charge in [0.2, 0.25) is 10.0 Å². The number of aryl methyl sites for hydroxylation is 1. The largest absolute Gasteiger partial charge is 0.480 e. The van der Waals surface area contributed by atoms with Gasteiger partial charge in [0.1, 0.15) is 6.04 Å². The van der Waals surface area contributed by atoms with E-state index in [0.29, 0.717) is 8.95 Å². The fourth-order valence-electron chi connectivity index (χ4n) is 1.65. The maximum Gasteiger partial charge on any atom is 0.322 e. The van der Waals surface area contributed by atoms with Crippen molar-refractivity contribution in [1.29, 1.82) is 0 Å². The average molecular weight is 443 g/mol. The minimum Gasteiger partial charge on any atom is -0.480 e. The second-order valence-corrected chi connectivity index (χ2v) is 9.18. The van der Waals surface area contributed by atoms with Gasteiger partial charge in [0.05, 0.1) is 4.90 Å². The summed E-state index contributed by atoms with van der Waals surface area (Å²) < 4.78 is 28.2. The minimum absolute atomic E-state index is 0.00419. The van der Waals surface area contributed by atoms with Crippen molar-refractivity contribution in [1.82, 2.24) is 4.72 Å². The van der Waals surface area contributed by atoms with Crippen LogP contribution in [0.3, 0.4) is 0 Å². The molecule has 1 unspecified atom stereocenters. The number of rotatable bonds is 4. The van der Waals surface area contributed by atoms with Crippen LogP contribution in [0.5, 0.6) is 0 Å². The van der Waals surface area contributed by atoms with Gasteiger partial charge in [-0.1, -0.05) is 36.7 Å². The number of carboxylic acids is 1. The Morgan fingerprint density at radius 2 is 1.76 bits per heavy atom. The van der Waals surface area contributed by atoms with Gasteiger partial charge >= 0.3 is 5.97 Å². The first-order valence-electron chi connectivity index (χ1n) is 6.07. The molecule has 0 spiro atoms. The molecule has 1 aromatic rings. The Kier molecular flexibility index (Phi) is 5.63. The Morgan fingerprint density at radius 3 is 2.19 bits per heavy atom. The predicted octanol–water partition coefficient (Wildman–Crippen LogP) is 3.30. The Balaban J connectivity index is 3.30. The Morgan fingerprint density at radius 1 is 1.24 bits per heavy atom. The summed E-state index contributed by atoms with van der Waals surface area (Å²) in [6.45, 7) is 6.81. The number of benzene rings is 1. The first kappa shape index (κ1) is 18.6. The van der Waals surface area contributed by atoms with Gasteiger partial charge in [-0.2, -0.15) is 4.72 Å². The summed E-state index contributed by atoms with van der Waals surface area (Å²) in [5, 5.41) is 9.24. The van der Waals surface area contributed by atoms with Crippen molar-refractivity contribution in [3.8, 4) is 0 Å². The van der Waals surface area contributed by atoms with Crippen LogP contribution in [0, 0.1) is 12.3 Å². The predicted molar refractivity (Wildman–Crippen MR) is 87.8 cm³/mol. The van der Waals surface area contributed by atoms with E-state index in [-0.39, 0.29) is 4.90 Å². The van der Waals surface area contributed by atoms with Gasteiger partial charge in [-0.05, 0) is 46.0 Å². The molecule has 5 nitrogen and oxygen atoms in total. The number of halogens is 2. The van der Waals surface area contributed by atoms with Crippen LogP contribution in [0.15, 0.2) is 26.0 Å². The lowest BCUT2D eigenvalue weighted by atomic mass is 9.88. The van der Waals surface area contributed by atoms with E-state index in [1.807, 2.05) is 6.92 Å². The van der Waals surface area contributed by atoms with Crippen LogP contribution in [0.2, 0.25) is 0 Å². The second-order valence-electron chi connectivity index (χ2n) is 5.79. The van der Waals surface area contributed by atoms with Crippen LogP contribution in [0.1, 0.15) is 26.3 Å². The molecule has 0 aromatic heterocycles. The Labute approximate surface area is 141 Å². The van der Waals surface area contributed by atoms with E-state index in [1.54, 1.807) is 26.8 Å². The van der Waals surface area contributed by atoms with Crippen molar-refractivity contribution in [2.75, 3.05) is 0 Å². The van der Waals surface area contributed by atoms with Gasteiger partial charge in [0, 0.05) is 8.95 Å². The summed E-state index contributed by atoms with van der Waals surface area (Å²) in [6, 6.07) is 1.88. The highest BCUT2D eigenvalue weighted by Crippen LogP contribution is 2.30. The number of carbonyl (C=O) groups is 1.